The van der Waals surface area contributed by atoms with Crippen LogP contribution in [0.3, 0.4) is 0 Å². The molecule has 3 rings (SSSR count). The number of hydrogen-bond acceptors (Lipinski definition) is 6. The summed E-state index contributed by atoms with van der Waals surface area (Å²) in [6, 6.07) is 14.8. The first-order valence-electron chi connectivity index (χ1n) is 13.1. The Morgan fingerprint density at radius 2 is 1.70 bits per heavy atom. The van der Waals surface area contributed by atoms with Gasteiger partial charge in [-0.15, -0.1) is 11.3 Å². The highest BCUT2D eigenvalue weighted by molar-refractivity contribution is 7.11. The van der Waals surface area contributed by atoms with Crippen molar-refractivity contribution in [2.24, 2.45) is 0 Å². The van der Waals surface area contributed by atoms with Gasteiger partial charge in [0.1, 0.15) is 6.54 Å². The maximum atomic E-state index is 13.7. The molecule has 1 aromatic heterocycles. The third-order valence-electron chi connectivity index (χ3n) is 6.43. The van der Waals surface area contributed by atoms with Crippen LogP contribution in [-0.4, -0.2) is 69.3 Å². The van der Waals surface area contributed by atoms with Crippen LogP contribution in [-0.2, 0) is 22.5 Å². The first-order valence-corrected chi connectivity index (χ1v) is 14.3. The standard InChI is InChI=1S/C30H38ClN3O5S/c1-21-7-10-24(18-26(21)31)32-30(36)34(14-6-16-37-3)20-29(35)33(19-25-11-8-22(2)40-25)15-13-23-9-12-27(38-4)28(17-23)39-5/h7-12,17-18H,6,13-16,19-20H2,1-5H3,(H,32,36). The second-order valence-electron chi connectivity index (χ2n) is 9.43. The van der Waals surface area contributed by atoms with E-state index in [1.807, 2.05) is 50.2 Å². The van der Waals surface area contributed by atoms with E-state index in [2.05, 4.69) is 5.32 Å². The molecule has 0 spiro atoms. The molecule has 0 atom stereocenters. The number of hydrogen-bond donors (Lipinski definition) is 1. The monoisotopic (exact) mass is 587 g/mol. The number of thiophene rings is 1. The van der Waals surface area contributed by atoms with Gasteiger partial charge in [0, 0.05) is 47.3 Å². The minimum absolute atomic E-state index is 0.0641. The fourth-order valence-corrected chi connectivity index (χ4v) is 5.23. The molecule has 0 unspecified atom stereocenters. The van der Waals surface area contributed by atoms with E-state index in [1.165, 1.54) is 9.78 Å². The van der Waals surface area contributed by atoms with Gasteiger partial charge < -0.3 is 29.3 Å². The van der Waals surface area contributed by atoms with Crippen LogP contribution in [0.15, 0.2) is 48.5 Å². The maximum Gasteiger partial charge on any atom is 0.322 e. The average Bonchev–Trinajstić information content (AvgIpc) is 3.36. The summed E-state index contributed by atoms with van der Waals surface area (Å²) in [7, 11) is 4.82. The molecule has 8 nitrogen and oxygen atoms in total. The molecular weight excluding hydrogens is 550 g/mol. The molecule has 40 heavy (non-hydrogen) atoms. The zero-order valence-electron chi connectivity index (χ0n) is 23.8. The van der Waals surface area contributed by atoms with Gasteiger partial charge in [-0.1, -0.05) is 23.7 Å². The highest BCUT2D eigenvalue weighted by atomic mass is 35.5. The molecule has 3 amide bonds. The third kappa shape index (κ3) is 9.15. The van der Waals surface area contributed by atoms with Gasteiger partial charge in [0.2, 0.25) is 5.91 Å². The summed E-state index contributed by atoms with van der Waals surface area (Å²) in [6.07, 6.45) is 1.22. The molecule has 2 aromatic carbocycles. The normalized spacial score (nSPS) is 10.8. The molecule has 216 valence electrons. The number of carbonyl (C=O) groups is 2. The number of methoxy groups -OCH3 is 3. The number of carbonyl (C=O) groups excluding carboxylic acids is 2. The molecule has 0 bridgehead atoms. The van der Waals surface area contributed by atoms with E-state index >= 15 is 0 Å². The molecule has 0 aliphatic carbocycles. The van der Waals surface area contributed by atoms with Crippen molar-refractivity contribution in [3.63, 3.8) is 0 Å². The predicted molar refractivity (Wildman–Crippen MR) is 161 cm³/mol. The van der Waals surface area contributed by atoms with Gasteiger partial charge in [-0.3, -0.25) is 4.79 Å². The van der Waals surface area contributed by atoms with Crippen LogP contribution in [0.1, 0.15) is 27.3 Å². The van der Waals surface area contributed by atoms with Crippen molar-refractivity contribution in [2.45, 2.75) is 33.2 Å². The lowest BCUT2D eigenvalue weighted by atomic mass is 10.1. The van der Waals surface area contributed by atoms with Gasteiger partial charge >= 0.3 is 6.03 Å². The molecular formula is C30H38ClN3O5S. The van der Waals surface area contributed by atoms with Gasteiger partial charge in [0.15, 0.2) is 11.5 Å². The molecule has 0 radical (unpaired) electrons. The van der Waals surface area contributed by atoms with Gasteiger partial charge in [-0.2, -0.15) is 0 Å². The average molecular weight is 588 g/mol. The Hall–Kier alpha value is -3.27. The summed E-state index contributed by atoms with van der Waals surface area (Å²) in [5.41, 5.74) is 2.51. The number of halogens is 1. The van der Waals surface area contributed by atoms with Gasteiger partial charge in [-0.25, -0.2) is 4.79 Å². The summed E-state index contributed by atoms with van der Waals surface area (Å²) in [4.78, 5) is 32.6. The lowest BCUT2D eigenvalue weighted by Crippen LogP contribution is -2.45. The van der Waals surface area contributed by atoms with Crippen molar-refractivity contribution in [2.75, 3.05) is 52.9 Å². The van der Waals surface area contributed by atoms with E-state index in [-0.39, 0.29) is 18.5 Å². The Bertz CT molecular complexity index is 1280. The minimum atomic E-state index is -0.365. The number of aryl methyl sites for hydroxylation is 2. The Morgan fingerprint density at radius 3 is 2.35 bits per heavy atom. The number of amides is 3. The van der Waals surface area contributed by atoms with E-state index in [1.54, 1.807) is 49.7 Å². The molecule has 0 saturated heterocycles. The Balaban J connectivity index is 1.77. The highest BCUT2D eigenvalue weighted by Gasteiger charge is 2.22. The molecule has 1 heterocycles. The molecule has 1 N–H and O–H groups in total. The van der Waals surface area contributed by atoms with E-state index in [0.29, 0.717) is 61.3 Å². The second kappa shape index (κ2) is 15.5. The largest absolute Gasteiger partial charge is 0.493 e. The fraction of sp³-hybridized carbons (Fsp3) is 0.400. The zero-order chi connectivity index (χ0) is 29.1. The van der Waals surface area contributed by atoms with Crippen molar-refractivity contribution < 1.29 is 23.8 Å². The van der Waals surface area contributed by atoms with Crippen molar-refractivity contribution >= 4 is 40.6 Å². The van der Waals surface area contributed by atoms with Crippen LogP contribution >= 0.6 is 22.9 Å². The zero-order valence-corrected chi connectivity index (χ0v) is 25.4. The summed E-state index contributed by atoms with van der Waals surface area (Å²) >= 11 is 7.91. The first kappa shape index (κ1) is 31.3. The lowest BCUT2D eigenvalue weighted by Gasteiger charge is -2.28. The molecule has 0 aliphatic heterocycles. The number of nitrogens with zero attached hydrogens (tertiary/aromatic N) is 2. The van der Waals surface area contributed by atoms with Crippen molar-refractivity contribution in [1.82, 2.24) is 9.80 Å². The predicted octanol–water partition coefficient (Wildman–Crippen LogP) is 6.18. The second-order valence-corrected chi connectivity index (χ2v) is 11.2. The molecule has 3 aromatic rings. The molecule has 10 heteroatoms. The van der Waals surface area contributed by atoms with Gasteiger partial charge in [0.25, 0.3) is 0 Å². The number of urea groups is 1. The van der Waals surface area contributed by atoms with E-state index in [9.17, 15) is 9.59 Å². The van der Waals surface area contributed by atoms with Gasteiger partial charge in [0.05, 0.1) is 20.8 Å². The minimum Gasteiger partial charge on any atom is -0.493 e. The quantitative estimate of drug-likeness (QED) is 0.228. The summed E-state index contributed by atoms with van der Waals surface area (Å²) in [5, 5.41) is 3.45. The van der Waals surface area contributed by atoms with Crippen molar-refractivity contribution in [1.29, 1.82) is 0 Å². The molecule has 0 fully saturated rings. The fourth-order valence-electron chi connectivity index (χ4n) is 4.14. The maximum absolute atomic E-state index is 13.7. The Kier molecular flexibility index (Phi) is 12.1. The number of benzene rings is 2. The van der Waals surface area contributed by atoms with E-state index < -0.39 is 0 Å². The van der Waals surface area contributed by atoms with Gasteiger partial charge in [-0.05, 0) is 74.2 Å². The third-order valence-corrected chi connectivity index (χ3v) is 7.82. The summed E-state index contributed by atoms with van der Waals surface area (Å²) in [6.45, 7) is 5.67. The molecule has 0 saturated carbocycles. The van der Waals surface area contributed by atoms with Crippen LogP contribution in [0.5, 0.6) is 11.5 Å². The summed E-state index contributed by atoms with van der Waals surface area (Å²) < 4.78 is 16.0. The van der Waals surface area contributed by atoms with Crippen LogP contribution in [0.2, 0.25) is 5.02 Å². The van der Waals surface area contributed by atoms with E-state index in [4.69, 9.17) is 25.8 Å². The highest BCUT2D eigenvalue weighted by Crippen LogP contribution is 2.28. The molecule has 0 aliphatic rings. The number of nitrogens with one attached hydrogen (secondary N) is 1. The smallest absolute Gasteiger partial charge is 0.322 e. The first-order chi connectivity index (χ1) is 19.2. The summed E-state index contributed by atoms with van der Waals surface area (Å²) in [5.74, 6) is 1.16. The van der Waals surface area contributed by atoms with E-state index in [0.717, 1.165) is 16.0 Å². The SMILES string of the molecule is COCCCN(CC(=O)N(CCc1ccc(OC)c(OC)c1)Cc1ccc(C)s1)C(=O)Nc1ccc(C)c(Cl)c1. The lowest BCUT2D eigenvalue weighted by molar-refractivity contribution is -0.132. The van der Waals surface area contributed by atoms with Crippen molar-refractivity contribution in [3.05, 3.63) is 74.4 Å². The Morgan fingerprint density at radius 1 is 0.925 bits per heavy atom. The van der Waals surface area contributed by atoms with Crippen LogP contribution in [0.25, 0.3) is 0 Å². The number of anilines is 1. The van der Waals surface area contributed by atoms with Crippen molar-refractivity contribution in [3.8, 4) is 11.5 Å². The number of ether oxygens (including phenoxy) is 3. The van der Waals surface area contributed by atoms with Crippen LogP contribution in [0, 0.1) is 13.8 Å². The topological polar surface area (TPSA) is 80.3 Å². The Labute approximate surface area is 245 Å². The van der Waals surface area contributed by atoms with Crippen LogP contribution in [0.4, 0.5) is 10.5 Å². The van der Waals surface area contributed by atoms with Crippen LogP contribution < -0.4 is 14.8 Å². The number of rotatable bonds is 14.